The number of para-hydroxylation sites is 1. The summed E-state index contributed by atoms with van der Waals surface area (Å²) >= 11 is 6.16. The monoisotopic (exact) mass is 289 g/mol. The molecule has 0 heterocycles. The van der Waals surface area contributed by atoms with Crippen molar-refractivity contribution in [3.05, 3.63) is 58.6 Å². The summed E-state index contributed by atoms with van der Waals surface area (Å²) in [5.74, 6) is 1.39. The minimum absolute atomic E-state index is 0.428. The number of benzene rings is 2. The molecule has 0 fully saturated rings. The van der Waals surface area contributed by atoms with Gasteiger partial charge in [0, 0.05) is 16.3 Å². The first kappa shape index (κ1) is 14.7. The molecule has 20 heavy (non-hydrogen) atoms. The highest BCUT2D eigenvalue weighted by Crippen LogP contribution is 2.29. The third-order valence-electron chi connectivity index (χ3n) is 3.52. The fraction of sp³-hybridized carbons (Fsp3) is 0.294. The van der Waals surface area contributed by atoms with Crippen LogP contribution in [0.3, 0.4) is 0 Å². The van der Waals surface area contributed by atoms with Gasteiger partial charge in [0.15, 0.2) is 0 Å². The predicted octanol–water partition coefficient (Wildman–Crippen LogP) is 5.01. The van der Waals surface area contributed by atoms with E-state index in [1.165, 1.54) is 5.56 Å². The van der Waals surface area contributed by atoms with Crippen molar-refractivity contribution in [1.29, 1.82) is 0 Å². The van der Waals surface area contributed by atoms with E-state index in [0.717, 1.165) is 17.7 Å². The Morgan fingerprint density at radius 1 is 1.20 bits per heavy atom. The second-order valence-electron chi connectivity index (χ2n) is 4.99. The summed E-state index contributed by atoms with van der Waals surface area (Å²) in [4.78, 5) is 0. The highest BCUT2D eigenvalue weighted by molar-refractivity contribution is 6.31. The highest BCUT2D eigenvalue weighted by atomic mass is 35.5. The van der Waals surface area contributed by atoms with Gasteiger partial charge in [-0.25, -0.2) is 0 Å². The molecule has 2 rings (SSSR count). The first-order chi connectivity index (χ1) is 9.61. The molecule has 2 aromatic rings. The Morgan fingerprint density at radius 2 is 1.95 bits per heavy atom. The molecule has 0 saturated heterocycles. The molecule has 0 aliphatic heterocycles. The number of nitrogens with two attached hydrogens (primary N) is 1. The lowest BCUT2D eigenvalue weighted by Gasteiger charge is -2.16. The van der Waals surface area contributed by atoms with Gasteiger partial charge in [0.1, 0.15) is 12.4 Å². The van der Waals surface area contributed by atoms with Gasteiger partial charge in [0.2, 0.25) is 0 Å². The van der Waals surface area contributed by atoms with Gasteiger partial charge in [-0.15, -0.1) is 0 Å². The molecule has 0 amide bonds. The third-order valence-corrected chi connectivity index (χ3v) is 3.88. The molecule has 0 aromatic heterocycles. The van der Waals surface area contributed by atoms with Crippen molar-refractivity contribution >= 4 is 17.3 Å². The van der Waals surface area contributed by atoms with Gasteiger partial charge < -0.3 is 10.5 Å². The molecule has 2 aromatic carbocycles. The Hall–Kier alpha value is -1.67. The molecule has 0 aliphatic carbocycles. The average Bonchev–Trinajstić information content (AvgIpc) is 2.47. The Kier molecular flexibility index (Phi) is 4.91. The molecule has 0 radical (unpaired) electrons. The van der Waals surface area contributed by atoms with E-state index in [2.05, 4.69) is 19.9 Å². The number of hydrogen-bond acceptors (Lipinski definition) is 2. The van der Waals surface area contributed by atoms with Crippen molar-refractivity contribution in [3.8, 4) is 5.75 Å². The van der Waals surface area contributed by atoms with Crippen molar-refractivity contribution in [1.82, 2.24) is 0 Å². The lowest BCUT2D eigenvalue weighted by Crippen LogP contribution is -2.02. The molecule has 0 spiro atoms. The van der Waals surface area contributed by atoms with E-state index in [0.29, 0.717) is 23.2 Å². The van der Waals surface area contributed by atoms with E-state index in [-0.39, 0.29) is 0 Å². The maximum Gasteiger partial charge on any atom is 0.123 e. The van der Waals surface area contributed by atoms with Crippen molar-refractivity contribution in [3.63, 3.8) is 0 Å². The van der Waals surface area contributed by atoms with E-state index in [1.54, 1.807) is 12.1 Å². The maximum atomic E-state index is 6.16. The van der Waals surface area contributed by atoms with Crippen molar-refractivity contribution in [2.75, 3.05) is 5.73 Å². The summed E-state index contributed by atoms with van der Waals surface area (Å²) < 4.78 is 5.94. The van der Waals surface area contributed by atoms with Crippen LogP contribution in [0, 0.1) is 0 Å². The summed E-state index contributed by atoms with van der Waals surface area (Å²) in [6.07, 6.45) is 1.08. The lowest BCUT2D eigenvalue weighted by atomic mass is 9.98. The second-order valence-corrected chi connectivity index (χ2v) is 5.39. The van der Waals surface area contributed by atoms with Gasteiger partial charge in [-0.3, -0.25) is 0 Å². The van der Waals surface area contributed by atoms with Gasteiger partial charge in [0.05, 0.1) is 0 Å². The second kappa shape index (κ2) is 6.67. The quantitative estimate of drug-likeness (QED) is 0.785. The maximum absolute atomic E-state index is 6.16. The highest BCUT2D eigenvalue weighted by Gasteiger charge is 2.10. The molecule has 2 N–H and O–H groups in total. The minimum Gasteiger partial charge on any atom is -0.489 e. The molecular formula is C17H20ClNO. The van der Waals surface area contributed by atoms with E-state index in [9.17, 15) is 0 Å². The van der Waals surface area contributed by atoms with Crippen LogP contribution in [0.5, 0.6) is 5.75 Å². The Morgan fingerprint density at radius 3 is 2.70 bits per heavy atom. The SMILES string of the molecule is CCC(C)c1ccccc1OCc1cc(N)ccc1Cl. The zero-order valence-electron chi connectivity index (χ0n) is 11.9. The van der Waals surface area contributed by atoms with E-state index in [4.69, 9.17) is 22.1 Å². The van der Waals surface area contributed by atoms with Gasteiger partial charge >= 0.3 is 0 Å². The van der Waals surface area contributed by atoms with Crippen LogP contribution >= 0.6 is 11.6 Å². The largest absolute Gasteiger partial charge is 0.489 e. The summed E-state index contributed by atoms with van der Waals surface area (Å²) in [5, 5.41) is 0.681. The molecule has 0 aliphatic rings. The first-order valence-corrected chi connectivity index (χ1v) is 7.25. The fourth-order valence-electron chi connectivity index (χ4n) is 2.10. The fourth-order valence-corrected chi connectivity index (χ4v) is 2.27. The Labute approximate surface area is 125 Å². The molecule has 2 nitrogen and oxygen atoms in total. The van der Waals surface area contributed by atoms with E-state index >= 15 is 0 Å². The summed E-state index contributed by atoms with van der Waals surface area (Å²) in [6, 6.07) is 13.6. The number of ether oxygens (including phenoxy) is 1. The van der Waals surface area contributed by atoms with Crippen LogP contribution in [0.15, 0.2) is 42.5 Å². The standard InChI is InChI=1S/C17H20ClNO/c1-3-12(2)15-6-4-5-7-17(15)20-11-13-10-14(19)8-9-16(13)18/h4-10,12H,3,11,19H2,1-2H3. The summed E-state index contributed by atoms with van der Waals surface area (Å²) in [5.41, 5.74) is 8.62. The molecular weight excluding hydrogens is 270 g/mol. The van der Waals surface area contributed by atoms with Crippen LogP contribution in [0.25, 0.3) is 0 Å². The normalized spacial score (nSPS) is 12.2. The molecule has 3 heteroatoms. The Balaban J connectivity index is 2.17. The molecule has 1 unspecified atom stereocenters. The summed E-state index contributed by atoms with van der Waals surface area (Å²) in [7, 11) is 0. The van der Waals surface area contributed by atoms with Crippen LogP contribution in [0.4, 0.5) is 5.69 Å². The number of nitrogen functional groups attached to an aromatic ring is 1. The number of hydrogen-bond donors (Lipinski definition) is 1. The number of halogens is 1. The lowest BCUT2D eigenvalue weighted by molar-refractivity contribution is 0.301. The zero-order valence-corrected chi connectivity index (χ0v) is 12.7. The molecule has 106 valence electrons. The molecule has 0 bridgehead atoms. The Bertz CT molecular complexity index is 583. The van der Waals surface area contributed by atoms with Gasteiger partial charge in [0.25, 0.3) is 0 Å². The zero-order chi connectivity index (χ0) is 14.5. The topological polar surface area (TPSA) is 35.2 Å². The minimum atomic E-state index is 0.428. The van der Waals surface area contributed by atoms with Gasteiger partial charge in [-0.2, -0.15) is 0 Å². The first-order valence-electron chi connectivity index (χ1n) is 6.87. The average molecular weight is 290 g/mol. The van der Waals surface area contributed by atoms with Crippen LogP contribution in [-0.2, 0) is 6.61 Å². The number of anilines is 1. The van der Waals surface area contributed by atoms with Crippen LogP contribution in [0.2, 0.25) is 5.02 Å². The van der Waals surface area contributed by atoms with Crippen LogP contribution in [0.1, 0.15) is 37.3 Å². The summed E-state index contributed by atoms with van der Waals surface area (Å²) in [6.45, 7) is 4.81. The van der Waals surface area contributed by atoms with Crippen molar-refractivity contribution in [2.45, 2.75) is 32.8 Å². The van der Waals surface area contributed by atoms with Crippen LogP contribution in [-0.4, -0.2) is 0 Å². The molecule has 0 saturated carbocycles. The number of rotatable bonds is 5. The van der Waals surface area contributed by atoms with E-state index < -0.39 is 0 Å². The van der Waals surface area contributed by atoms with E-state index in [1.807, 2.05) is 24.3 Å². The van der Waals surface area contributed by atoms with Gasteiger partial charge in [-0.05, 0) is 42.2 Å². The van der Waals surface area contributed by atoms with Crippen LogP contribution < -0.4 is 10.5 Å². The van der Waals surface area contributed by atoms with Gasteiger partial charge in [-0.1, -0.05) is 43.6 Å². The van der Waals surface area contributed by atoms with Crippen molar-refractivity contribution in [2.24, 2.45) is 0 Å². The molecule has 1 atom stereocenters. The van der Waals surface area contributed by atoms with Crippen molar-refractivity contribution < 1.29 is 4.74 Å². The smallest absolute Gasteiger partial charge is 0.123 e. The predicted molar refractivity (Wildman–Crippen MR) is 85.3 cm³/mol. The third kappa shape index (κ3) is 3.45.